The number of benzene rings is 1. The van der Waals surface area contributed by atoms with Crippen LogP contribution < -0.4 is 10.5 Å². The topological polar surface area (TPSA) is 81.3 Å². The normalized spacial score (nSPS) is 14.2. The minimum Gasteiger partial charge on any atom is -0.439 e. The Labute approximate surface area is 123 Å². The van der Waals surface area contributed by atoms with E-state index in [1.807, 2.05) is 31.2 Å². The average Bonchev–Trinajstić information content (AvgIpc) is 3.30. The molecule has 1 heterocycles. The molecule has 0 atom stereocenters. The maximum absolute atomic E-state index is 8.92. The Morgan fingerprint density at radius 1 is 1.24 bits per heavy atom. The van der Waals surface area contributed by atoms with Crippen LogP contribution in [0.1, 0.15) is 35.7 Å². The van der Waals surface area contributed by atoms with Crippen molar-refractivity contribution in [2.24, 2.45) is 0 Å². The monoisotopic (exact) mass is 285 g/mol. The SMILES string of the molecule is Cc1c(N)nc(C2CC2)nc1Oc1ccc(CCO)cc1. The molecule has 1 saturated carbocycles. The predicted octanol–water partition coefficient (Wildman–Crippen LogP) is 2.57. The summed E-state index contributed by atoms with van der Waals surface area (Å²) >= 11 is 0. The van der Waals surface area contributed by atoms with Crippen molar-refractivity contribution in [3.8, 4) is 11.6 Å². The molecule has 0 saturated heterocycles. The molecular weight excluding hydrogens is 266 g/mol. The number of nitrogens with zero attached hydrogens (tertiary/aromatic N) is 2. The lowest BCUT2D eigenvalue weighted by atomic mass is 10.1. The summed E-state index contributed by atoms with van der Waals surface area (Å²) in [5.74, 6) is 2.94. The third kappa shape index (κ3) is 3.13. The second kappa shape index (κ2) is 5.69. The molecule has 0 spiro atoms. The van der Waals surface area contributed by atoms with Gasteiger partial charge in [0, 0.05) is 12.5 Å². The van der Waals surface area contributed by atoms with E-state index in [9.17, 15) is 0 Å². The second-order valence-electron chi connectivity index (χ2n) is 5.39. The molecule has 3 N–H and O–H groups in total. The average molecular weight is 285 g/mol. The molecular formula is C16H19N3O2. The molecule has 3 rings (SSSR count). The van der Waals surface area contributed by atoms with Gasteiger partial charge in [-0.2, -0.15) is 4.98 Å². The van der Waals surface area contributed by atoms with Crippen molar-refractivity contribution in [1.29, 1.82) is 0 Å². The summed E-state index contributed by atoms with van der Waals surface area (Å²) in [5, 5.41) is 8.92. The predicted molar refractivity (Wildman–Crippen MR) is 80.5 cm³/mol. The molecule has 110 valence electrons. The van der Waals surface area contributed by atoms with E-state index in [-0.39, 0.29) is 6.61 Å². The summed E-state index contributed by atoms with van der Waals surface area (Å²) in [6, 6.07) is 7.62. The number of rotatable bonds is 5. The largest absolute Gasteiger partial charge is 0.439 e. The number of nitrogen functional groups attached to an aromatic ring is 1. The molecule has 21 heavy (non-hydrogen) atoms. The van der Waals surface area contributed by atoms with Crippen LogP contribution in [0.5, 0.6) is 11.6 Å². The van der Waals surface area contributed by atoms with Gasteiger partial charge in [0.05, 0.1) is 5.56 Å². The molecule has 5 nitrogen and oxygen atoms in total. The summed E-state index contributed by atoms with van der Waals surface area (Å²) < 4.78 is 5.85. The van der Waals surface area contributed by atoms with Crippen LogP contribution >= 0.6 is 0 Å². The van der Waals surface area contributed by atoms with Crippen molar-refractivity contribution in [2.75, 3.05) is 12.3 Å². The molecule has 1 fully saturated rings. The lowest BCUT2D eigenvalue weighted by molar-refractivity contribution is 0.299. The standard InChI is InChI=1S/C16H19N3O2/c1-10-14(17)18-15(12-4-5-12)19-16(10)21-13-6-2-11(3-7-13)8-9-20/h2-3,6-7,12,20H,4-5,8-9H2,1H3,(H2,17,18,19). The van der Waals surface area contributed by atoms with E-state index in [1.165, 1.54) is 0 Å². The van der Waals surface area contributed by atoms with Crippen molar-refractivity contribution in [1.82, 2.24) is 9.97 Å². The lowest BCUT2D eigenvalue weighted by Crippen LogP contribution is -2.04. The summed E-state index contributed by atoms with van der Waals surface area (Å²) in [5.41, 5.74) is 7.78. The minimum atomic E-state index is 0.145. The minimum absolute atomic E-state index is 0.145. The Morgan fingerprint density at radius 3 is 2.57 bits per heavy atom. The van der Waals surface area contributed by atoms with Crippen LogP contribution in [-0.4, -0.2) is 21.7 Å². The van der Waals surface area contributed by atoms with Gasteiger partial charge in [-0.05, 0) is 43.9 Å². The van der Waals surface area contributed by atoms with E-state index in [0.29, 0.717) is 29.8 Å². The van der Waals surface area contributed by atoms with Crippen LogP contribution in [0.25, 0.3) is 0 Å². The van der Waals surface area contributed by atoms with Crippen LogP contribution in [0.4, 0.5) is 5.82 Å². The third-order valence-electron chi connectivity index (χ3n) is 3.64. The number of nitrogens with two attached hydrogens (primary N) is 1. The molecule has 0 aliphatic heterocycles. The number of aliphatic hydroxyl groups excluding tert-OH is 1. The van der Waals surface area contributed by atoms with Gasteiger partial charge >= 0.3 is 0 Å². The van der Waals surface area contributed by atoms with Gasteiger partial charge in [-0.1, -0.05) is 12.1 Å². The summed E-state index contributed by atoms with van der Waals surface area (Å²) in [6.45, 7) is 2.01. The van der Waals surface area contributed by atoms with E-state index < -0.39 is 0 Å². The number of hydrogen-bond acceptors (Lipinski definition) is 5. The zero-order chi connectivity index (χ0) is 14.8. The highest BCUT2D eigenvalue weighted by Crippen LogP contribution is 2.40. The smallest absolute Gasteiger partial charge is 0.227 e. The fraction of sp³-hybridized carbons (Fsp3) is 0.375. The van der Waals surface area contributed by atoms with Crippen molar-refractivity contribution in [2.45, 2.75) is 32.1 Å². The number of anilines is 1. The first-order chi connectivity index (χ1) is 10.2. The molecule has 1 aliphatic rings. The molecule has 5 heteroatoms. The highest BCUT2D eigenvalue weighted by Gasteiger charge is 2.28. The fourth-order valence-electron chi connectivity index (χ4n) is 2.12. The fourth-order valence-corrected chi connectivity index (χ4v) is 2.12. The highest BCUT2D eigenvalue weighted by atomic mass is 16.5. The van der Waals surface area contributed by atoms with Gasteiger partial charge in [0.15, 0.2) is 0 Å². The second-order valence-corrected chi connectivity index (χ2v) is 5.39. The summed E-state index contributed by atoms with van der Waals surface area (Å²) in [4.78, 5) is 8.83. The third-order valence-corrected chi connectivity index (χ3v) is 3.64. The highest BCUT2D eigenvalue weighted by molar-refractivity contribution is 5.46. The van der Waals surface area contributed by atoms with E-state index in [1.54, 1.807) is 0 Å². The molecule has 0 bridgehead atoms. The number of aliphatic hydroxyl groups is 1. The van der Waals surface area contributed by atoms with Crippen molar-refractivity contribution in [3.05, 3.63) is 41.2 Å². The van der Waals surface area contributed by atoms with E-state index >= 15 is 0 Å². The van der Waals surface area contributed by atoms with Gasteiger partial charge in [-0.25, -0.2) is 4.98 Å². The molecule has 2 aromatic rings. The Balaban J connectivity index is 1.83. The first-order valence-electron chi connectivity index (χ1n) is 7.19. The van der Waals surface area contributed by atoms with Crippen molar-refractivity contribution >= 4 is 5.82 Å². The molecule has 1 aromatic carbocycles. The maximum Gasteiger partial charge on any atom is 0.227 e. The molecule has 0 amide bonds. The van der Waals surface area contributed by atoms with Gasteiger partial charge in [-0.15, -0.1) is 0 Å². The first-order valence-corrected chi connectivity index (χ1v) is 7.19. The van der Waals surface area contributed by atoms with Gasteiger partial charge < -0.3 is 15.6 Å². The van der Waals surface area contributed by atoms with Crippen LogP contribution in [0.2, 0.25) is 0 Å². The van der Waals surface area contributed by atoms with Gasteiger partial charge in [-0.3, -0.25) is 0 Å². The maximum atomic E-state index is 8.92. The van der Waals surface area contributed by atoms with Crippen LogP contribution in [-0.2, 0) is 6.42 Å². The quantitative estimate of drug-likeness (QED) is 0.882. The number of aromatic nitrogens is 2. The Morgan fingerprint density at radius 2 is 1.95 bits per heavy atom. The Hall–Kier alpha value is -2.14. The molecule has 1 aliphatic carbocycles. The zero-order valence-electron chi connectivity index (χ0n) is 12.0. The van der Waals surface area contributed by atoms with Crippen LogP contribution in [0.15, 0.2) is 24.3 Å². The van der Waals surface area contributed by atoms with E-state index in [0.717, 1.165) is 29.8 Å². The van der Waals surface area contributed by atoms with Crippen LogP contribution in [0, 0.1) is 6.92 Å². The molecule has 1 aromatic heterocycles. The Kier molecular flexibility index (Phi) is 3.75. The van der Waals surface area contributed by atoms with Gasteiger partial charge in [0.2, 0.25) is 5.88 Å². The van der Waals surface area contributed by atoms with Crippen molar-refractivity contribution in [3.63, 3.8) is 0 Å². The van der Waals surface area contributed by atoms with Crippen LogP contribution in [0.3, 0.4) is 0 Å². The van der Waals surface area contributed by atoms with E-state index in [2.05, 4.69) is 9.97 Å². The number of ether oxygens (including phenoxy) is 1. The summed E-state index contributed by atoms with van der Waals surface area (Å²) in [7, 11) is 0. The summed E-state index contributed by atoms with van der Waals surface area (Å²) in [6.07, 6.45) is 2.89. The van der Waals surface area contributed by atoms with Gasteiger partial charge in [0.25, 0.3) is 0 Å². The first kappa shape index (κ1) is 13.8. The zero-order valence-corrected chi connectivity index (χ0v) is 12.0. The lowest BCUT2D eigenvalue weighted by Gasteiger charge is -2.11. The Bertz CT molecular complexity index is 637. The van der Waals surface area contributed by atoms with Crippen molar-refractivity contribution < 1.29 is 9.84 Å². The molecule has 0 unspecified atom stereocenters. The van der Waals surface area contributed by atoms with Gasteiger partial charge in [0.1, 0.15) is 17.4 Å². The van der Waals surface area contributed by atoms with E-state index in [4.69, 9.17) is 15.6 Å². The molecule has 0 radical (unpaired) electrons. The number of hydrogen-bond donors (Lipinski definition) is 2.